The number of aryl methyl sites for hydroxylation is 1. The average molecular weight is 498 g/mol. The average Bonchev–Trinajstić information content (AvgIpc) is 3.23. The zero-order valence-electron chi connectivity index (χ0n) is 17.5. The van der Waals surface area contributed by atoms with Gasteiger partial charge in [-0.3, -0.25) is 4.79 Å². The summed E-state index contributed by atoms with van der Waals surface area (Å²) in [5.41, 5.74) is 3.31. The fourth-order valence-corrected chi connectivity index (χ4v) is 3.89. The summed E-state index contributed by atoms with van der Waals surface area (Å²) in [5, 5.41) is 5.83. The second kappa shape index (κ2) is 8.81. The molecule has 5 nitrogen and oxygen atoms in total. The molecule has 31 heavy (non-hydrogen) atoms. The molecule has 0 bridgehead atoms. The smallest absolute Gasteiger partial charge is 0.282 e. The first-order valence-corrected chi connectivity index (χ1v) is 11.3. The second-order valence-corrected chi connectivity index (χ2v) is 8.86. The van der Waals surface area contributed by atoms with Crippen molar-refractivity contribution in [1.29, 1.82) is 0 Å². The molecule has 4 rings (SSSR count). The van der Waals surface area contributed by atoms with Crippen LogP contribution in [0.2, 0.25) is 5.02 Å². The van der Waals surface area contributed by atoms with Crippen LogP contribution in [-0.4, -0.2) is 20.4 Å². The van der Waals surface area contributed by atoms with E-state index in [1.165, 1.54) is 4.68 Å². The molecule has 158 valence electrons. The molecular weight excluding hydrogens is 476 g/mol. The van der Waals surface area contributed by atoms with Gasteiger partial charge in [-0.1, -0.05) is 41.4 Å². The van der Waals surface area contributed by atoms with E-state index < -0.39 is 0 Å². The number of nitrogens with zero attached hydrogens (tertiary/aromatic N) is 4. The van der Waals surface area contributed by atoms with Crippen molar-refractivity contribution in [3.8, 4) is 5.69 Å². The largest absolute Gasteiger partial charge is 0.316 e. The van der Waals surface area contributed by atoms with Gasteiger partial charge in [-0.05, 0) is 67.4 Å². The molecule has 0 amide bonds. The van der Waals surface area contributed by atoms with Crippen molar-refractivity contribution in [3.05, 3.63) is 91.7 Å². The molecule has 0 radical (unpaired) electrons. The Labute approximate surface area is 194 Å². The molecular formula is C24H22BrClN4O. The maximum atomic E-state index is 13.3. The first-order valence-electron chi connectivity index (χ1n) is 10.1. The fraction of sp³-hybridized carbons (Fsp3) is 0.208. The van der Waals surface area contributed by atoms with Crippen LogP contribution in [0, 0.1) is 6.92 Å². The normalized spacial score (nSPS) is 12.7. The number of halogens is 2. The van der Waals surface area contributed by atoms with Gasteiger partial charge < -0.3 is 4.57 Å². The zero-order chi connectivity index (χ0) is 22.1. The van der Waals surface area contributed by atoms with Crippen LogP contribution < -0.4 is 5.56 Å². The number of benzene rings is 2. The molecule has 2 heterocycles. The van der Waals surface area contributed by atoms with E-state index in [0.29, 0.717) is 16.7 Å². The number of fused-ring (bicyclic) bond motifs is 1. The van der Waals surface area contributed by atoms with Gasteiger partial charge in [0.2, 0.25) is 0 Å². The van der Waals surface area contributed by atoms with E-state index in [0.717, 1.165) is 32.9 Å². The van der Waals surface area contributed by atoms with Crippen molar-refractivity contribution in [2.75, 3.05) is 0 Å². The summed E-state index contributed by atoms with van der Waals surface area (Å²) in [6.07, 6.45) is 4.51. The van der Waals surface area contributed by atoms with Crippen molar-refractivity contribution in [3.63, 3.8) is 0 Å². The summed E-state index contributed by atoms with van der Waals surface area (Å²) in [4.78, 5) is 18.0. The first-order chi connectivity index (χ1) is 14.9. The van der Waals surface area contributed by atoms with E-state index in [2.05, 4.69) is 34.9 Å². The van der Waals surface area contributed by atoms with Crippen molar-refractivity contribution < 1.29 is 0 Å². The van der Waals surface area contributed by atoms with E-state index in [1.807, 2.05) is 60.2 Å². The van der Waals surface area contributed by atoms with E-state index in [9.17, 15) is 4.79 Å². The van der Waals surface area contributed by atoms with Crippen LogP contribution in [0.25, 0.3) is 16.6 Å². The number of aromatic nitrogens is 3. The molecule has 4 aromatic rings. The molecule has 1 atom stereocenters. The topological polar surface area (TPSA) is 52.2 Å². The van der Waals surface area contributed by atoms with Gasteiger partial charge in [-0.25, -0.2) is 4.98 Å². The molecule has 0 unspecified atom stereocenters. The molecule has 0 aliphatic carbocycles. The lowest BCUT2D eigenvalue weighted by Gasteiger charge is -2.14. The van der Waals surface area contributed by atoms with E-state index in [4.69, 9.17) is 16.6 Å². The summed E-state index contributed by atoms with van der Waals surface area (Å²) in [6.45, 7) is 6.10. The van der Waals surface area contributed by atoms with Crippen molar-refractivity contribution in [2.45, 2.75) is 33.1 Å². The molecule has 7 heteroatoms. The molecule has 0 aliphatic rings. The Morgan fingerprint density at radius 3 is 2.77 bits per heavy atom. The molecule has 0 saturated carbocycles. The molecule has 2 aromatic heterocycles. The van der Waals surface area contributed by atoms with E-state index in [-0.39, 0.29) is 11.5 Å². The lowest BCUT2D eigenvalue weighted by Crippen LogP contribution is -2.24. The van der Waals surface area contributed by atoms with Crippen molar-refractivity contribution >= 4 is 44.6 Å². The van der Waals surface area contributed by atoms with Gasteiger partial charge in [-0.2, -0.15) is 9.78 Å². The van der Waals surface area contributed by atoms with Crippen LogP contribution in [-0.2, 0) is 0 Å². The van der Waals surface area contributed by atoms with Crippen LogP contribution in [0.15, 0.2) is 69.1 Å². The molecule has 0 saturated heterocycles. The Hall–Kier alpha value is -2.70. The molecule has 0 spiro atoms. The maximum absolute atomic E-state index is 13.3. The van der Waals surface area contributed by atoms with Gasteiger partial charge in [0.15, 0.2) is 0 Å². The summed E-state index contributed by atoms with van der Waals surface area (Å²) in [6, 6.07) is 15.3. The third kappa shape index (κ3) is 4.23. The molecule has 0 aliphatic heterocycles. The Morgan fingerprint density at radius 1 is 1.23 bits per heavy atom. The Balaban J connectivity index is 1.84. The predicted molar refractivity (Wildman–Crippen MR) is 131 cm³/mol. The second-order valence-electron chi connectivity index (χ2n) is 7.54. The number of hydrogen-bond donors (Lipinski definition) is 0. The van der Waals surface area contributed by atoms with Crippen LogP contribution >= 0.6 is 27.5 Å². The summed E-state index contributed by atoms with van der Waals surface area (Å²) in [7, 11) is 0. The highest BCUT2D eigenvalue weighted by molar-refractivity contribution is 9.10. The van der Waals surface area contributed by atoms with E-state index in [1.54, 1.807) is 12.3 Å². The number of hydrogen-bond acceptors (Lipinski definition) is 3. The third-order valence-electron chi connectivity index (χ3n) is 5.39. The minimum atomic E-state index is -0.182. The highest BCUT2D eigenvalue weighted by Gasteiger charge is 2.16. The van der Waals surface area contributed by atoms with Crippen molar-refractivity contribution in [2.24, 2.45) is 5.10 Å². The lowest BCUT2D eigenvalue weighted by molar-refractivity contribution is 0.613. The van der Waals surface area contributed by atoms with Gasteiger partial charge in [0.25, 0.3) is 5.56 Å². The zero-order valence-corrected chi connectivity index (χ0v) is 19.9. The van der Waals surface area contributed by atoms with Gasteiger partial charge in [0, 0.05) is 27.3 Å². The van der Waals surface area contributed by atoms with Crippen molar-refractivity contribution in [1.82, 2.24) is 14.2 Å². The molecule has 0 fully saturated rings. The minimum absolute atomic E-state index is 0.0867. The molecule has 2 aromatic carbocycles. The van der Waals surface area contributed by atoms with Gasteiger partial charge in [0.1, 0.15) is 5.82 Å². The van der Waals surface area contributed by atoms with Crippen LogP contribution in [0.3, 0.4) is 0 Å². The standard InChI is InChI=1S/C24H22BrClN4O/c1-4-15(2)23-28-22-10-7-17(25)13-20(22)24(31)30(23)27-14-19-6-5-11-29(19)18-8-9-21(26)16(3)12-18/h5-15H,4H2,1-3H3/t15-/m0/s1. The highest BCUT2D eigenvalue weighted by atomic mass is 79.9. The molecule has 0 N–H and O–H groups in total. The lowest BCUT2D eigenvalue weighted by atomic mass is 10.1. The SMILES string of the molecule is CC[C@H](C)c1nc2ccc(Br)cc2c(=O)n1N=Cc1cccn1-c1ccc(Cl)c(C)c1. The maximum Gasteiger partial charge on any atom is 0.282 e. The predicted octanol–water partition coefficient (Wildman–Crippen LogP) is 6.31. The fourth-order valence-electron chi connectivity index (χ4n) is 3.41. The monoisotopic (exact) mass is 496 g/mol. The van der Waals surface area contributed by atoms with Crippen LogP contribution in [0.1, 0.15) is 43.3 Å². The first kappa shape index (κ1) is 21.5. The Kier molecular flexibility index (Phi) is 6.12. The summed E-state index contributed by atoms with van der Waals surface area (Å²) in [5.74, 6) is 0.739. The minimum Gasteiger partial charge on any atom is -0.316 e. The van der Waals surface area contributed by atoms with Gasteiger partial charge in [-0.15, -0.1) is 0 Å². The summed E-state index contributed by atoms with van der Waals surface area (Å²) >= 11 is 9.62. The van der Waals surface area contributed by atoms with Crippen LogP contribution in [0.5, 0.6) is 0 Å². The Morgan fingerprint density at radius 2 is 2.03 bits per heavy atom. The summed E-state index contributed by atoms with van der Waals surface area (Å²) < 4.78 is 4.26. The van der Waals surface area contributed by atoms with Crippen LogP contribution in [0.4, 0.5) is 0 Å². The van der Waals surface area contributed by atoms with Gasteiger partial charge >= 0.3 is 0 Å². The highest BCUT2D eigenvalue weighted by Crippen LogP contribution is 2.22. The Bertz CT molecular complexity index is 1360. The van der Waals surface area contributed by atoms with Gasteiger partial charge in [0.05, 0.1) is 22.8 Å². The number of rotatable bonds is 5. The third-order valence-corrected chi connectivity index (χ3v) is 6.31. The quantitative estimate of drug-likeness (QED) is 0.304. The van der Waals surface area contributed by atoms with E-state index >= 15 is 0 Å².